The predicted octanol–water partition coefficient (Wildman–Crippen LogP) is 5.12. The summed E-state index contributed by atoms with van der Waals surface area (Å²) in [6, 6.07) is 8.50. The van der Waals surface area contributed by atoms with E-state index in [1.165, 1.54) is 36.9 Å². The molecule has 1 aliphatic rings. The van der Waals surface area contributed by atoms with Crippen LogP contribution in [0, 0.1) is 0 Å². The number of piperidine rings is 1. The Balaban J connectivity index is 1.83. The van der Waals surface area contributed by atoms with E-state index in [0.29, 0.717) is 11.9 Å². The van der Waals surface area contributed by atoms with Gasteiger partial charge in [-0.3, -0.25) is 4.79 Å². The van der Waals surface area contributed by atoms with Crippen molar-refractivity contribution in [3.05, 3.63) is 53.7 Å². The number of carbonyl (C=O) groups excluding carboxylic acids is 1. The van der Waals surface area contributed by atoms with Gasteiger partial charge >= 0.3 is 6.18 Å². The number of para-hydroxylation sites is 1. The van der Waals surface area contributed by atoms with Gasteiger partial charge in [0.25, 0.3) is 5.91 Å². The summed E-state index contributed by atoms with van der Waals surface area (Å²) in [4.78, 5) is 19.1. The first-order valence-corrected chi connectivity index (χ1v) is 9.10. The third-order valence-electron chi connectivity index (χ3n) is 4.88. The lowest BCUT2D eigenvalue weighted by Crippen LogP contribution is -2.39. The van der Waals surface area contributed by atoms with Gasteiger partial charge in [0.15, 0.2) is 0 Å². The number of carbonyl (C=O) groups is 1. The van der Waals surface area contributed by atoms with Crippen molar-refractivity contribution < 1.29 is 18.0 Å². The maximum atomic E-state index is 13.1. The summed E-state index contributed by atoms with van der Waals surface area (Å²) in [5.41, 5.74) is -0.829. The summed E-state index contributed by atoms with van der Waals surface area (Å²) < 4.78 is 39.4. The molecular formula is C20H22F3N3O. The number of anilines is 2. The molecule has 0 spiro atoms. The van der Waals surface area contributed by atoms with Crippen LogP contribution in [0.4, 0.5) is 24.7 Å². The molecular weight excluding hydrogens is 355 g/mol. The fourth-order valence-corrected chi connectivity index (χ4v) is 3.48. The largest absolute Gasteiger partial charge is 0.418 e. The molecule has 0 saturated carbocycles. The number of halogens is 3. The molecule has 0 aliphatic carbocycles. The van der Waals surface area contributed by atoms with Crippen molar-refractivity contribution in [2.75, 3.05) is 16.8 Å². The van der Waals surface area contributed by atoms with Crippen molar-refractivity contribution in [1.29, 1.82) is 0 Å². The van der Waals surface area contributed by atoms with Crippen LogP contribution in [0.15, 0.2) is 42.6 Å². The summed E-state index contributed by atoms with van der Waals surface area (Å²) >= 11 is 0. The number of benzene rings is 1. The topological polar surface area (TPSA) is 45.2 Å². The Morgan fingerprint density at radius 3 is 2.78 bits per heavy atom. The minimum Gasteiger partial charge on any atom is -0.354 e. The quantitative estimate of drug-likeness (QED) is 0.804. The van der Waals surface area contributed by atoms with Gasteiger partial charge in [0.1, 0.15) is 5.82 Å². The van der Waals surface area contributed by atoms with E-state index in [2.05, 4.69) is 22.1 Å². The number of hydrogen-bond acceptors (Lipinski definition) is 3. The molecule has 1 aliphatic heterocycles. The third kappa shape index (κ3) is 4.40. The SMILES string of the molecule is CCC1CCCCN1c1cc(C(=O)Nc2ccccc2C(F)(F)F)ccn1. The molecule has 1 aromatic heterocycles. The van der Waals surface area contributed by atoms with E-state index >= 15 is 0 Å². The Labute approximate surface area is 156 Å². The zero-order valence-electron chi connectivity index (χ0n) is 15.1. The number of aromatic nitrogens is 1. The van der Waals surface area contributed by atoms with Crippen LogP contribution in [-0.4, -0.2) is 23.5 Å². The lowest BCUT2D eigenvalue weighted by atomic mass is 10.00. The molecule has 1 atom stereocenters. The monoisotopic (exact) mass is 377 g/mol. The first-order chi connectivity index (χ1) is 12.9. The average molecular weight is 377 g/mol. The second kappa shape index (κ2) is 7.98. The molecule has 2 aromatic rings. The van der Waals surface area contributed by atoms with E-state index < -0.39 is 17.6 Å². The Kier molecular flexibility index (Phi) is 5.68. The third-order valence-corrected chi connectivity index (χ3v) is 4.88. The highest BCUT2D eigenvalue weighted by Gasteiger charge is 2.33. The Bertz CT molecular complexity index is 807. The van der Waals surface area contributed by atoms with Crippen LogP contribution in [-0.2, 0) is 6.18 Å². The van der Waals surface area contributed by atoms with E-state index in [4.69, 9.17) is 0 Å². The zero-order chi connectivity index (χ0) is 19.4. The van der Waals surface area contributed by atoms with Gasteiger partial charge in [0.2, 0.25) is 0 Å². The molecule has 1 saturated heterocycles. The number of hydrogen-bond donors (Lipinski definition) is 1. The molecule has 1 aromatic carbocycles. The molecule has 0 bridgehead atoms. The summed E-state index contributed by atoms with van der Waals surface area (Å²) in [5, 5.41) is 2.38. The Morgan fingerprint density at radius 1 is 1.26 bits per heavy atom. The number of rotatable bonds is 4. The normalized spacial score (nSPS) is 17.6. The van der Waals surface area contributed by atoms with Gasteiger partial charge in [-0.1, -0.05) is 19.1 Å². The first kappa shape index (κ1) is 19.2. The van der Waals surface area contributed by atoms with Gasteiger partial charge in [-0.05, 0) is 49.9 Å². The number of nitrogens with zero attached hydrogens (tertiary/aromatic N) is 2. The van der Waals surface area contributed by atoms with Crippen molar-refractivity contribution in [2.24, 2.45) is 0 Å². The fraction of sp³-hybridized carbons (Fsp3) is 0.400. The van der Waals surface area contributed by atoms with E-state index in [1.54, 1.807) is 6.07 Å². The van der Waals surface area contributed by atoms with Gasteiger partial charge in [-0.25, -0.2) is 4.98 Å². The molecule has 27 heavy (non-hydrogen) atoms. The van der Waals surface area contributed by atoms with Gasteiger partial charge in [-0.15, -0.1) is 0 Å². The number of alkyl halides is 3. The predicted molar refractivity (Wildman–Crippen MR) is 98.9 cm³/mol. The molecule has 2 heterocycles. The summed E-state index contributed by atoms with van der Waals surface area (Å²) in [6.45, 7) is 2.99. The first-order valence-electron chi connectivity index (χ1n) is 9.10. The Hall–Kier alpha value is -2.57. The van der Waals surface area contributed by atoms with Crippen molar-refractivity contribution >= 4 is 17.4 Å². The minimum absolute atomic E-state index is 0.252. The maximum Gasteiger partial charge on any atom is 0.418 e. The van der Waals surface area contributed by atoms with Crippen molar-refractivity contribution in [3.63, 3.8) is 0 Å². The fourth-order valence-electron chi connectivity index (χ4n) is 3.48. The van der Waals surface area contributed by atoms with Crippen molar-refractivity contribution in [3.8, 4) is 0 Å². The van der Waals surface area contributed by atoms with Crippen LogP contribution in [0.5, 0.6) is 0 Å². The molecule has 1 fully saturated rings. The molecule has 1 unspecified atom stereocenters. The zero-order valence-corrected chi connectivity index (χ0v) is 15.1. The summed E-state index contributed by atoms with van der Waals surface area (Å²) in [6.07, 6.45) is 1.29. The van der Waals surface area contributed by atoms with E-state index in [0.717, 1.165) is 31.9 Å². The van der Waals surface area contributed by atoms with Crippen molar-refractivity contribution in [1.82, 2.24) is 4.98 Å². The molecule has 1 N–H and O–H groups in total. The minimum atomic E-state index is -4.53. The number of nitrogens with one attached hydrogen (secondary N) is 1. The summed E-state index contributed by atoms with van der Waals surface area (Å²) in [5.74, 6) is 0.110. The van der Waals surface area contributed by atoms with E-state index in [9.17, 15) is 18.0 Å². The van der Waals surface area contributed by atoms with Crippen LogP contribution in [0.1, 0.15) is 48.5 Å². The molecule has 7 heteroatoms. The van der Waals surface area contributed by atoms with Gasteiger partial charge in [0, 0.05) is 24.3 Å². The molecule has 1 amide bonds. The average Bonchev–Trinajstić information content (AvgIpc) is 2.67. The maximum absolute atomic E-state index is 13.1. The molecule has 3 rings (SSSR count). The van der Waals surface area contributed by atoms with Crippen LogP contribution in [0.25, 0.3) is 0 Å². The molecule has 4 nitrogen and oxygen atoms in total. The van der Waals surface area contributed by atoms with E-state index in [1.807, 2.05) is 0 Å². The second-order valence-electron chi connectivity index (χ2n) is 6.65. The van der Waals surface area contributed by atoms with Crippen LogP contribution in [0.3, 0.4) is 0 Å². The Morgan fingerprint density at radius 2 is 2.04 bits per heavy atom. The number of pyridine rings is 1. The standard InChI is InChI=1S/C20H22F3N3O/c1-2-15-7-5-6-12-26(15)18-13-14(10-11-24-18)19(27)25-17-9-4-3-8-16(17)20(21,22)23/h3-4,8-11,13,15H,2,5-7,12H2,1H3,(H,25,27). The van der Waals surface area contributed by atoms with Gasteiger partial charge in [0.05, 0.1) is 11.3 Å². The lowest BCUT2D eigenvalue weighted by Gasteiger charge is -2.36. The van der Waals surface area contributed by atoms with Crippen LogP contribution >= 0.6 is 0 Å². The highest BCUT2D eigenvalue weighted by atomic mass is 19.4. The van der Waals surface area contributed by atoms with E-state index in [-0.39, 0.29) is 11.3 Å². The summed E-state index contributed by atoms with van der Waals surface area (Å²) in [7, 11) is 0. The lowest BCUT2D eigenvalue weighted by molar-refractivity contribution is -0.136. The van der Waals surface area contributed by atoms with Gasteiger partial charge in [-0.2, -0.15) is 13.2 Å². The highest BCUT2D eigenvalue weighted by Crippen LogP contribution is 2.34. The highest BCUT2D eigenvalue weighted by molar-refractivity contribution is 6.05. The molecule has 0 radical (unpaired) electrons. The molecule has 144 valence electrons. The van der Waals surface area contributed by atoms with Crippen LogP contribution < -0.4 is 10.2 Å². The van der Waals surface area contributed by atoms with Gasteiger partial charge < -0.3 is 10.2 Å². The second-order valence-corrected chi connectivity index (χ2v) is 6.65. The smallest absolute Gasteiger partial charge is 0.354 e. The van der Waals surface area contributed by atoms with Crippen LogP contribution in [0.2, 0.25) is 0 Å². The number of amides is 1. The van der Waals surface area contributed by atoms with Crippen molar-refractivity contribution in [2.45, 2.75) is 44.8 Å².